The number of nitrogens with zero attached hydrogens (tertiary/aromatic N) is 3. The van der Waals surface area contributed by atoms with Crippen LogP contribution in [0.2, 0.25) is 0 Å². The highest BCUT2D eigenvalue weighted by molar-refractivity contribution is 9.10. The van der Waals surface area contributed by atoms with Crippen LogP contribution in [0.25, 0.3) is 11.0 Å². The molecular formula is C9H6BrN3O2. The Morgan fingerprint density at radius 2 is 2.13 bits per heavy atom. The quantitative estimate of drug-likeness (QED) is 0.853. The van der Waals surface area contributed by atoms with E-state index >= 15 is 0 Å². The predicted molar refractivity (Wildman–Crippen MR) is 56.7 cm³/mol. The summed E-state index contributed by atoms with van der Waals surface area (Å²) in [6, 6.07) is 0. The van der Waals surface area contributed by atoms with Gasteiger partial charge in [0.05, 0.1) is 16.4 Å². The molecule has 2 heterocycles. The second-order valence-electron chi connectivity index (χ2n) is 2.95. The summed E-state index contributed by atoms with van der Waals surface area (Å²) in [4.78, 5) is 22.9. The molecule has 0 atom stereocenters. The van der Waals surface area contributed by atoms with Crippen LogP contribution >= 0.6 is 15.9 Å². The van der Waals surface area contributed by atoms with Gasteiger partial charge in [0.1, 0.15) is 11.0 Å². The van der Waals surface area contributed by atoms with E-state index in [1.165, 1.54) is 0 Å². The van der Waals surface area contributed by atoms with E-state index in [-0.39, 0.29) is 5.69 Å². The Kier molecular flexibility index (Phi) is 2.36. The molecule has 0 amide bonds. The highest BCUT2D eigenvalue weighted by Gasteiger charge is 2.13. The summed E-state index contributed by atoms with van der Waals surface area (Å²) >= 11 is 3.25. The van der Waals surface area contributed by atoms with Crippen LogP contribution in [0.3, 0.4) is 0 Å². The first-order chi connectivity index (χ1) is 7.09. The van der Waals surface area contributed by atoms with Crippen molar-refractivity contribution < 1.29 is 9.90 Å². The fourth-order valence-corrected chi connectivity index (χ4v) is 1.65. The first-order valence-electron chi connectivity index (χ1n) is 4.10. The van der Waals surface area contributed by atoms with Crippen LogP contribution in [-0.2, 0) is 0 Å². The molecule has 0 fully saturated rings. The molecule has 0 saturated heterocycles. The van der Waals surface area contributed by atoms with Crippen molar-refractivity contribution in [2.45, 2.75) is 6.92 Å². The minimum atomic E-state index is -1.08. The summed E-state index contributed by atoms with van der Waals surface area (Å²) < 4.78 is 0.634. The number of rotatable bonds is 1. The molecule has 2 rings (SSSR count). The summed E-state index contributed by atoms with van der Waals surface area (Å²) in [5.74, 6) is -1.08. The molecule has 2 aromatic heterocycles. The molecule has 0 aliphatic carbocycles. The lowest BCUT2D eigenvalue weighted by molar-refractivity contribution is 0.0689. The largest absolute Gasteiger partial charge is 0.476 e. The minimum absolute atomic E-state index is 0.0330. The van der Waals surface area contributed by atoms with Crippen LogP contribution in [0.4, 0.5) is 0 Å². The Hall–Kier alpha value is -1.56. The second-order valence-corrected chi connectivity index (χ2v) is 3.81. The Morgan fingerprint density at radius 1 is 1.40 bits per heavy atom. The van der Waals surface area contributed by atoms with E-state index in [1.54, 1.807) is 19.3 Å². The molecule has 0 aliphatic rings. The van der Waals surface area contributed by atoms with Gasteiger partial charge in [0, 0.05) is 6.20 Å². The van der Waals surface area contributed by atoms with Crippen LogP contribution in [0.5, 0.6) is 0 Å². The van der Waals surface area contributed by atoms with E-state index < -0.39 is 5.97 Å². The van der Waals surface area contributed by atoms with E-state index in [0.29, 0.717) is 21.2 Å². The van der Waals surface area contributed by atoms with Crippen LogP contribution in [0.15, 0.2) is 16.9 Å². The van der Waals surface area contributed by atoms with E-state index in [4.69, 9.17) is 5.11 Å². The molecule has 0 aliphatic heterocycles. The van der Waals surface area contributed by atoms with Crippen LogP contribution in [0, 0.1) is 6.92 Å². The molecular weight excluding hydrogens is 262 g/mol. The van der Waals surface area contributed by atoms with Crippen molar-refractivity contribution >= 4 is 32.9 Å². The minimum Gasteiger partial charge on any atom is -0.476 e. The number of aromatic carboxylic acids is 1. The molecule has 2 aromatic rings. The van der Waals surface area contributed by atoms with Gasteiger partial charge in [-0.05, 0) is 22.9 Å². The lowest BCUT2D eigenvalue weighted by Gasteiger charge is -2.03. The number of carbonyl (C=O) groups is 1. The van der Waals surface area contributed by atoms with Gasteiger partial charge >= 0.3 is 5.97 Å². The Balaban J connectivity index is 2.83. The number of fused-ring (bicyclic) bond motifs is 1. The molecule has 15 heavy (non-hydrogen) atoms. The first-order valence-corrected chi connectivity index (χ1v) is 4.90. The van der Waals surface area contributed by atoms with Gasteiger partial charge in [0.25, 0.3) is 0 Å². The third-order valence-corrected chi connectivity index (χ3v) is 2.49. The number of hydrogen-bond donors (Lipinski definition) is 1. The molecule has 0 aromatic carbocycles. The Labute approximate surface area is 93.3 Å². The van der Waals surface area contributed by atoms with Crippen LogP contribution in [0.1, 0.15) is 16.2 Å². The standard InChI is InChI=1S/C9H6BrN3O2/c1-4-7(9(14)15)13-8-5(10)2-11-3-6(8)12-4/h2-3H,1H3,(H,14,15). The molecule has 0 unspecified atom stereocenters. The molecule has 1 N–H and O–H groups in total. The number of aromatic nitrogens is 3. The number of halogens is 1. The molecule has 0 spiro atoms. The highest BCUT2D eigenvalue weighted by atomic mass is 79.9. The molecule has 0 saturated carbocycles. The SMILES string of the molecule is Cc1nc2cncc(Br)c2nc1C(=O)O. The van der Waals surface area contributed by atoms with Gasteiger partial charge in [-0.3, -0.25) is 4.98 Å². The molecule has 0 bridgehead atoms. The van der Waals surface area contributed by atoms with Gasteiger partial charge < -0.3 is 5.11 Å². The van der Waals surface area contributed by atoms with Crippen LogP contribution < -0.4 is 0 Å². The normalized spacial score (nSPS) is 10.5. The van der Waals surface area contributed by atoms with Gasteiger partial charge in [0.15, 0.2) is 5.69 Å². The third kappa shape index (κ3) is 1.68. The van der Waals surface area contributed by atoms with Gasteiger partial charge in [0.2, 0.25) is 0 Å². The molecule has 0 radical (unpaired) electrons. The van der Waals surface area contributed by atoms with E-state index in [1.807, 2.05) is 0 Å². The van der Waals surface area contributed by atoms with Crippen molar-refractivity contribution in [3.8, 4) is 0 Å². The fourth-order valence-electron chi connectivity index (χ4n) is 1.24. The maximum Gasteiger partial charge on any atom is 0.356 e. The monoisotopic (exact) mass is 267 g/mol. The summed E-state index contributed by atoms with van der Waals surface area (Å²) in [7, 11) is 0. The maximum absolute atomic E-state index is 10.8. The average molecular weight is 268 g/mol. The zero-order valence-electron chi connectivity index (χ0n) is 7.73. The van der Waals surface area contributed by atoms with Crippen molar-refractivity contribution in [1.82, 2.24) is 15.0 Å². The zero-order valence-corrected chi connectivity index (χ0v) is 9.32. The van der Waals surface area contributed by atoms with Crippen molar-refractivity contribution in [1.29, 1.82) is 0 Å². The van der Waals surface area contributed by atoms with Gasteiger partial charge in [-0.25, -0.2) is 14.8 Å². The Bertz CT molecular complexity index is 556. The highest BCUT2D eigenvalue weighted by Crippen LogP contribution is 2.20. The first kappa shape index (κ1) is 9.97. The van der Waals surface area contributed by atoms with Crippen molar-refractivity contribution in [3.63, 3.8) is 0 Å². The number of carboxylic acids is 1. The molecule has 6 heteroatoms. The van der Waals surface area contributed by atoms with E-state index in [9.17, 15) is 4.79 Å². The maximum atomic E-state index is 10.8. The number of aryl methyl sites for hydroxylation is 1. The third-order valence-electron chi connectivity index (χ3n) is 1.91. The smallest absolute Gasteiger partial charge is 0.356 e. The number of pyridine rings is 1. The molecule has 5 nitrogen and oxygen atoms in total. The summed E-state index contributed by atoms with van der Waals surface area (Å²) in [6.07, 6.45) is 3.10. The van der Waals surface area contributed by atoms with Gasteiger partial charge in [-0.2, -0.15) is 0 Å². The van der Waals surface area contributed by atoms with Crippen molar-refractivity contribution in [2.75, 3.05) is 0 Å². The summed E-state index contributed by atoms with van der Waals surface area (Å²) in [6.45, 7) is 1.61. The fraction of sp³-hybridized carbons (Fsp3) is 0.111. The lowest BCUT2D eigenvalue weighted by Crippen LogP contribution is -2.06. The second kappa shape index (κ2) is 3.54. The van der Waals surface area contributed by atoms with Crippen LogP contribution in [-0.4, -0.2) is 26.0 Å². The topological polar surface area (TPSA) is 76.0 Å². The summed E-state index contributed by atoms with van der Waals surface area (Å²) in [5, 5.41) is 8.88. The molecule has 76 valence electrons. The van der Waals surface area contributed by atoms with E-state index in [2.05, 4.69) is 30.9 Å². The lowest BCUT2D eigenvalue weighted by atomic mass is 10.3. The zero-order chi connectivity index (χ0) is 11.0. The average Bonchev–Trinajstić information content (AvgIpc) is 2.16. The number of carboxylic acid groups (broad SMARTS) is 1. The van der Waals surface area contributed by atoms with Crippen molar-refractivity contribution in [2.24, 2.45) is 0 Å². The number of hydrogen-bond acceptors (Lipinski definition) is 4. The summed E-state index contributed by atoms with van der Waals surface area (Å²) in [5.41, 5.74) is 1.43. The Morgan fingerprint density at radius 3 is 2.80 bits per heavy atom. The van der Waals surface area contributed by atoms with Gasteiger partial charge in [-0.1, -0.05) is 0 Å². The van der Waals surface area contributed by atoms with Crippen molar-refractivity contribution in [3.05, 3.63) is 28.3 Å². The van der Waals surface area contributed by atoms with Gasteiger partial charge in [-0.15, -0.1) is 0 Å². The predicted octanol–water partition coefficient (Wildman–Crippen LogP) is 1.79. The van der Waals surface area contributed by atoms with E-state index in [0.717, 1.165) is 0 Å².